The quantitative estimate of drug-likeness (QED) is 0.568. The summed E-state index contributed by atoms with van der Waals surface area (Å²) in [6.07, 6.45) is -0.220. The van der Waals surface area contributed by atoms with Crippen LogP contribution in [0.3, 0.4) is 0 Å². The van der Waals surface area contributed by atoms with Gasteiger partial charge in [-0.05, 0) is 37.6 Å². The second-order valence-electron chi connectivity index (χ2n) is 5.37. The van der Waals surface area contributed by atoms with Crippen molar-refractivity contribution in [2.75, 3.05) is 11.9 Å². The summed E-state index contributed by atoms with van der Waals surface area (Å²) in [6, 6.07) is 16.2. The third-order valence-electron chi connectivity index (χ3n) is 3.35. The van der Waals surface area contributed by atoms with Crippen LogP contribution < -0.4 is 10.1 Å². The van der Waals surface area contributed by atoms with Gasteiger partial charge in [-0.1, -0.05) is 41.9 Å². The molecule has 0 unspecified atom stereocenters. The van der Waals surface area contributed by atoms with E-state index in [1.807, 2.05) is 30.3 Å². The van der Waals surface area contributed by atoms with Crippen molar-refractivity contribution in [3.63, 3.8) is 0 Å². The molecule has 0 aliphatic heterocycles. The lowest BCUT2D eigenvalue weighted by Crippen LogP contribution is -2.30. The van der Waals surface area contributed by atoms with E-state index in [4.69, 9.17) is 21.1 Å². The molecule has 0 aliphatic carbocycles. The van der Waals surface area contributed by atoms with E-state index in [1.165, 1.54) is 6.92 Å². The summed E-state index contributed by atoms with van der Waals surface area (Å²) in [5.74, 6) is -0.121. The van der Waals surface area contributed by atoms with E-state index < -0.39 is 18.0 Å². The van der Waals surface area contributed by atoms with Gasteiger partial charge in [-0.25, -0.2) is 0 Å². The topological polar surface area (TPSA) is 64.6 Å². The van der Waals surface area contributed by atoms with Crippen molar-refractivity contribution >= 4 is 29.2 Å². The van der Waals surface area contributed by atoms with Crippen LogP contribution >= 0.6 is 11.6 Å². The fourth-order valence-corrected chi connectivity index (χ4v) is 2.21. The molecule has 0 bridgehead atoms. The third-order valence-corrected chi connectivity index (χ3v) is 3.68. The zero-order valence-corrected chi connectivity index (χ0v) is 14.7. The maximum atomic E-state index is 12.0. The van der Waals surface area contributed by atoms with Crippen LogP contribution in [0.15, 0.2) is 54.6 Å². The number of halogens is 1. The highest BCUT2D eigenvalue weighted by molar-refractivity contribution is 6.33. The van der Waals surface area contributed by atoms with Crippen molar-refractivity contribution in [2.45, 2.75) is 25.9 Å². The summed E-state index contributed by atoms with van der Waals surface area (Å²) in [4.78, 5) is 23.8. The van der Waals surface area contributed by atoms with E-state index in [-0.39, 0.29) is 6.42 Å². The number of ether oxygens (including phenoxy) is 2. The SMILES string of the molecule is C[C@H](OC(=O)CCCOc1ccccc1)C(=O)Nc1ccccc1Cl. The Hall–Kier alpha value is -2.53. The average Bonchev–Trinajstić information content (AvgIpc) is 2.61. The molecule has 25 heavy (non-hydrogen) atoms. The van der Waals surface area contributed by atoms with Crippen LogP contribution in [0.4, 0.5) is 5.69 Å². The summed E-state index contributed by atoms with van der Waals surface area (Å²) in [7, 11) is 0. The minimum atomic E-state index is -0.904. The number of nitrogens with one attached hydrogen (secondary N) is 1. The summed E-state index contributed by atoms with van der Waals surface area (Å²) in [5.41, 5.74) is 0.480. The highest BCUT2D eigenvalue weighted by atomic mass is 35.5. The van der Waals surface area contributed by atoms with E-state index in [2.05, 4.69) is 5.32 Å². The Balaban J connectivity index is 1.68. The zero-order valence-electron chi connectivity index (χ0n) is 13.9. The fraction of sp³-hybridized carbons (Fsp3) is 0.263. The second kappa shape index (κ2) is 9.69. The maximum absolute atomic E-state index is 12.0. The van der Waals surface area contributed by atoms with Crippen LogP contribution in [-0.2, 0) is 14.3 Å². The molecule has 0 saturated heterocycles. The first-order chi connectivity index (χ1) is 12.1. The average molecular weight is 362 g/mol. The number of hydrogen-bond donors (Lipinski definition) is 1. The van der Waals surface area contributed by atoms with E-state index in [0.717, 1.165) is 5.75 Å². The molecule has 0 aliphatic rings. The number of anilines is 1. The number of rotatable bonds is 8. The summed E-state index contributed by atoms with van der Waals surface area (Å²) < 4.78 is 10.6. The van der Waals surface area contributed by atoms with Gasteiger partial charge in [-0.15, -0.1) is 0 Å². The lowest BCUT2D eigenvalue weighted by atomic mass is 10.3. The first-order valence-corrected chi connectivity index (χ1v) is 8.37. The lowest BCUT2D eigenvalue weighted by Gasteiger charge is -2.14. The van der Waals surface area contributed by atoms with Gasteiger partial charge >= 0.3 is 5.97 Å². The van der Waals surface area contributed by atoms with Crippen molar-refractivity contribution in [1.29, 1.82) is 0 Å². The van der Waals surface area contributed by atoms with Crippen molar-refractivity contribution in [3.8, 4) is 5.75 Å². The fourth-order valence-electron chi connectivity index (χ4n) is 2.03. The minimum Gasteiger partial charge on any atom is -0.494 e. The largest absolute Gasteiger partial charge is 0.494 e. The number of hydrogen-bond acceptors (Lipinski definition) is 4. The normalized spacial score (nSPS) is 11.4. The molecule has 2 aromatic carbocycles. The van der Waals surface area contributed by atoms with Gasteiger partial charge in [0.05, 0.1) is 17.3 Å². The van der Waals surface area contributed by atoms with Crippen LogP contribution in [0.1, 0.15) is 19.8 Å². The smallest absolute Gasteiger partial charge is 0.306 e. The predicted octanol–water partition coefficient (Wildman–Crippen LogP) is 4.07. The summed E-state index contributed by atoms with van der Waals surface area (Å²) >= 11 is 5.98. The molecule has 2 rings (SSSR count). The van der Waals surface area contributed by atoms with Crippen LogP contribution in [-0.4, -0.2) is 24.6 Å². The molecule has 132 valence electrons. The predicted molar refractivity (Wildman–Crippen MR) is 96.8 cm³/mol. The molecule has 0 spiro atoms. The Morgan fingerprint density at radius 3 is 2.48 bits per heavy atom. The van der Waals surface area contributed by atoms with E-state index >= 15 is 0 Å². The molecule has 0 saturated carbocycles. The number of benzene rings is 2. The highest BCUT2D eigenvalue weighted by Crippen LogP contribution is 2.20. The Morgan fingerprint density at radius 2 is 1.76 bits per heavy atom. The Bertz CT molecular complexity index is 706. The van der Waals surface area contributed by atoms with Crippen molar-refractivity contribution in [2.24, 2.45) is 0 Å². The number of esters is 1. The zero-order chi connectivity index (χ0) is 18.1. The first kappa shape index (κ1) is 18.8. The molecular weight excluding hydrogens is 342 g/mol. The number of carbonyl (C=O) groups excluding carboxylic acids is 2. The van der Waals surface area contributed by atoms with Crippen molar-refractivity contribution < 1.29 is 19.1 Å². The maximum Gasteiger partial charge on any atom is 0.306 e. The Labute approximate surface area is 151 Å². The van der Waals surface area contributed by atoms with E-state index in [9.17, 15) is 9.59 Å². The molecular formula is C19H20ClNO4. The van der Waals surface area contributed by atoms with Crippen molar-refractivity contribution in [3.05, 3.63) is 59.6 Å². The van der Waals surface area contributed by atoms with Crippen molar-refractivity contribution in [1.82, 2.24) is 0 Å². The Morgan fingerprint density at radius 1 is 1.08 bits per heavy atom. The van der Waals surface area contributed by atoms with Gasteiger partial charge in [-0.3, -0.25) is 9.59 Å². The standard InChI is InChI=1S/C19H20ClNO4/c1-14(19(23)21-17-11-6-5-10-16(17)20)25-18(22)12-7-13-24-15-8-3-2-4-9-15/h2-6,8-11,14H,7,12-13H2,1H3,(H,21,23)/t14-/m0/s1. The van der Waals surface area contributed by atoms with Gasteiger partial charge in [0.2, 0.25) is 0 Å². The molecule has 5 nitrogen and oxygen atoms in total. The third kappa shape index (κ3) is 6.47. The van der Waals surface area contributed by atoms with Gasteiger partial charge in [0.1, 0.15) is 5.75 Å². The molecule has 1 atom stereocenters. The second-order valence-corrected chi connectivity index (χ2v) is 5.77. The summed E-state index contributed by atoms with van der Waals surface area (Å²) in [5, 5.41) is 3.05. The molecule has 0 fully saturated rings. The molecule has 2 aromatic rings. The van der Waals surface area contributed by atoms with Crippen LogP contribution in [0.5, 0.6) is 5.75 Å². The molecule has 1 N–H and O–H groups in total. The van der Waals surface area contributed by atoms with Crippen LogP contribution in [0.2, 0.25) is 5.02 Å². The van der Waals surface area contributed by atoms with Crippen LogP contribution in [0, 0.1) is 0 Å². The number of para-hydroxylation sites is 2. The highest BCUT2D eigenvalue weighted by Gasteiger charge is 2.18. The molecule has 0 aromatic heterocycles. The Kier molecular flexibility index (Phi) is 7.29. The van der Waals surface area contributed by atoms with Crippen LogP contribution in [0.25, 0.3) is 0 Å². The van der Waals surface area contributed by atoms with Gasteiger partial charge < -0.3 is 14.8 Å². The molecule has 0 radical (unpaired) electrons. The van der Waals surface area contributed by atoms with E-state index in [1.54, 1.807) is 24.3 Å². The van der Waals surface area contributed by atoms with E-state index in [0.29, 0.717) is 23.7 Å². The lowest BCUT2D eigenvalue weighted by molar-refractivity contribution is -0.153. The van der Waals surface area contributed by atoms with Gasteiger partial charge in [0, 0.05) is 6.42 Å². The minimum absolute atomic E-state index is 0.177. The molecule has 6 heteroatoms. The number of amides is 1. The van der Waals surface area contributed by atoms with Gasteiger partial charge in [0.25, 0.3) is 5.91 Å². The summed E-state index contributed by atoms with van der Waals surface area (Å²) in [6.45, 7) is 1.92. The first-order valence-electron chi connectivity index (χ1n) is 7.99. The number of carbonyl (C=O) groups is 2. The molecule has 0 heterocycles. The van der Waals surface area contributed by atoms with Gasteiger partial charge in [-0.2, -0.15) is 0 Å². The molecule has 1 amide bonds. The monoisotopic (exact) mass is 361 g/mol. The van der Waals surface area contributed by atoms with Gasteiger partial charge in [0.15, 0.2) is 6.10 Å².